The normalized spacial score (nSPS) is 13.8. The SMILES string of the molecule is O=CC(CCC(=O)O)CC(F)(F)F. The zero-order chi connectivity index (χ0) is 10.5. The van der Waals surface area contributed by atoms with E-state index in [1.807, 2.05) is 0 Å². The highest BCUT2D eigenvalue weighted by Gasteiger charge is 2.31. The van der Waals surface area contributed by atoms with E-state index in [4.69, 9.17) is 5.11 Å². The molecule has 6 heteroatoms. The smallest absolute Gasteiger partial charge is 0.389 e. The van der Waals surface area contributed by atoms with Gasteiger partial charge in [0.1, 0.15) is 6.29 Å². The monoisotopic (exact) mass is 198 g/mol. The third-order valence-corrected chi connectivity index (χ3v) is 1.42. The molecular weight excluding hydrogens is 189 g/mol. The molecule has 0 aromatic heterocycles. The van der Waals surface area contributed by atoms with E-state index in [0.29, 0.717) is 0 Å². The van der Waals surface area contributed by atoms with Gasteiger partial charge in [0.15, 0.2) is 0 Å². The zero-order valence-corrected chi connectivity index (χ0v) is 6.67. The van der Waals surface area contributed by atoms with E-state index >= 15 is 0 Å². The summed E-state index contributed by atoms with van der Waals surface area (Å²) in [4.78, 5) is 20.1. The Balaban J connectivity index is 3.90. The van der Waals surface area contributed by atoms with Gasteiger partial charge in [0, 0.05) is 12.3 Å². The molecule has 1 unspecified atom stereocenters. The lowest BCUT2D eigenvalue weighted by Gasteiger charge is -2.11. The average Bonchev–Trinajstić information content (AvgIpc) is 1.95. The van der Waals surface area contributed by atoms with Gasteiger partial charge in [-0.05, 0) is 6.42 Å². The van der Waals surface area contributed by atoms with E-state index in [0.717, 1.165) is 0 Å². The summed E-state index contributed by atoms with van der Waals surface area (Å²) in [6, 6.07) is 0. The van der Waals surface area contributed by atoms with Crippen LogP contribution in [0.25, 0.3) is 0 Å². The Hall–Kier alpha value is -1.07. The van der Waals surface area contributed by atoms with Crippen LogP contribution in [-0.4, -0.2) is 23.5 Å². The second-order valence-corrected chi connectivity index (χ2v) is 2.65. The van der Waals surface area contributed by atoms with Crippen molar-refractivity contribution >= 4 is 12.3 Å². The van der Waals surface area contributed by atoms with Gasteiger partial charge in [0.25, 0.3) is 0 Å². The van der Waals surface area contributed by atoms with E-state index in [2.05, 4.69) is 0 Å². The molecule has 0 saturated carbocycles. The first-order valence-electron chi connectivity index (χ1n) is 3.59. The first-order valence-corrected chi connectivity index (χ1v) is 3.59. The molecule has 0 aromatic rings. The number of aliphatic carboxylic acids is 1. The van der Waals surface area contributed by atoms with Crippen LogP contribution in [0.1, 0.15) is 19.3 Å². The molecule has 1 atom stereocenters. The maximum Gasteiger partial charge on any atom is 0.389 e. The Labute approximate surface area is 72.5 Å². The van der Waals surface area contributed by atoms with Crippen molar-refractivity contribution in [2.24, 2.45) is 5.92 Å². The molecule has 0 bridgehead atoms. The summed E-state index contributed by atoms with van der Waals surface area (Å²) in [5, 5.41) is 8.16. The van der Waals surface area contributed by atoms with Crippen LogP contribution in [-0.2, 0) is 9.59 Å². The summed E-state index contributed by atoms with van der Waals surface area (Å²) in [6.45, 7) is 0. The summed E-state index contributed by atoms with van der Waals surface area (Å²) in [6.07, 6.45) is -6.19. The molecule has 0 saturated heterocycles. The van der Waals surface area contributed by atoms with Gasteiger partial charge in [-0.2, -0.15) is 13.2 Å². The lowest BCUT2D eigenvalue weighted by Crippen LogP contribution is -2.17. The van der Waals surface area contributed by atoms with Crippen LogP contribution >= 0.6 is 0 Å². The lowest BCUT2D eigenvalue weighted by atomic mass is 10.0. The van der Waals surface area contributed by atoms with E-state index < -0.39 is 30.9 Å². The minimum atomic E-state index is -4.41. The van der Waals surface area contributed by atoms with Gasteiger partial charge >= 0.3 is 12.1 Å². The zero-order valence-electron chi connectivity index (χ0n) is 6.67. The number of carboxylic acids is 1. The predicted molar refractivity (Wildman–Crippen MR) is 37.1 cm³/mol. The van der Waals surface area contributed by atoms with Crippen molar-refractivity contribution in [2.45, 2.75) is 25.4 Å². The molecule has 0 heterocycles. The molecule has 0 aliphatic heterocycles. The molecule has 3 nitrogen and oxygen atoms in total. The standard InChI is InChI=1S/C7H9F3O3/c8-7(9,10)3-5(4-11)1-2-6(12)13/h4-5H,1-3H2,(H,12,13). The number of carbonyl (C=O) groups is 2. The van der Waals surface area contributed by atoms with Gasteiger partial charge in [0.2, 0.25) is 0 Å². The van der Waals surface area contributed by atoms with Crippen molar-refractivity contribution in [1.29, 1.82) is 0 Å². The van der Waals surface area contributed by atoms with Crippen molar-refractivity contribution in [1.82, 2.24) is 0 Å². The molecule has 0 amide bonds. The second-order valence-electron chi connectivity index (χ2n) is 2.65. The Morgan fingerprint density at radius 1 is 1.46 bits per heavy atom. The fourth-order valence-corrected chi connectivity index (χ4v) is 0.824. The maximum atomic E-state index is 11.7. The molecule has 0 fully saturated rings. The topological polar surface area (TPSA) is 54.4 Å². The number of halogens is 3. The van der Waals surface area contributed by atoms with Crippen molar-refractivity contribution in [2.75, 3.05) is 0 Å². The van der Waals surface area contributed by atoms with E-state index in [9.17, 15) is 22.8 Å². The minimum absolute atomic E-state index is 0.149. The summed E-state index contributed by atoms with van der Waals surface area (Å²) >= 11 is 0. The van der Waals surface area contributed by atoms with Gasteiger partial charge in [-0.15, -0.1) is 0 Å². The third-order valence-electron chi connectivity index (χ3n) is 1.42. The molecule has 0 radical (unpaired) electrons. The van der Waals surface area contributed by atoms with E-state index in [-0.39, 0.29) is 12.7 Å². The second kappa shape index (κ2) is 4.84. The van der Waals surface area contributed by atoms with Gasteiger partial charge in [0.05, 0.1) is 6.42 Å². The highest BCUT2D eigenvalue weighted by atomic mass is 19.4. The number of carboxylic acid groups (broad SMARTS) is 1. The highest BCUT2D eigenvalue weighted by molar-refractivity contribution is 5.67. The van der Waals surface area contributed by atoms with Gasteiger partial charge in [-0.3, -0.25) is 4.79 Å². The van der Waals surface area contributed by atoms with Gasteiger partial charge < -0.3 is 9.90 Å². The van der Waals surface area contributed by atoms with Gasteiger partial charge in [-0.1, -0.05) is 0 Å². The first kappa shape index (κ1) is 11.9. The number of alkyl halides is 3. The number of carbonyl (C=O) groups excluding carboxylic acids is 1. The van der Waals surface area contributed by atoms with Crippen molar-refractivity contribution in [3.63, 3.8) is 0 Å². The van der Waals surface area contributed by atoms with Crippen LogP contribution in [0.5, 0.6) is 0 Å². The number of rotatable bonds is 5. The predicted octanol–water partition coefficient (Wildman–Crippen LogP) is 1.62. The van der Waals surface area contributed by atoms with Crippen LogP contribution in [0.3, 0.4) is 0 Å². The van der Waals surface area contributed by atoms with Crippen LogP contribution in [0, 0.1) is 5.92 Å². The van der Waals surface area contributed by atoms with Crippen LogP contribution in [0.2, 0.25) is 0 Å². The number of hydrogen-bond acceptors (Lipinski definition) is 2. The molecule has 76 valence electrons. The van der Waals surface area contributed by atoms with Crippen molar-refractivity contribution in [3.8, 4) is 0 Å². The molecule has 13 heavy (non-hydrogen) atoms. The largest absolute Gasteiger partial charge is 0.481 e. The Morgan fingerprint density at radius 3 is 2.31 bits per heavy atom. The Bertz CT molecular complexity index is 188. The highest BCUT2D eigenvalue weighted by Crippen LogP contribution is 2.26. The Kier molecular flexibility index (Phi) is 4.44. The molecule has 1 N–H and O–H groups in total. The number of hydrogen-bond donors (Lipinski definition) is 1. The molecule has 0 rings (SSSR count). The average molecular weight is 198 g/mol. The first-order chi connectivity index (χ1) is 5.85. The molecule has 0 spiro atoms. The fraction of sp³-hybridized carbons (Fsp3) is 0.714. The van der Waals surface area contributed by atoms with Crippen molar-refractivity contribution in [3.05, 3.63) is 0 Å². The molecule has 0 aliphatic carbocycles. The summed E-state index contributed by atoms with van der Waals surface area (Å²) in [5.41, 5.74) is 0. The summed E-state index contributed by atoms with van der Waals surface area (Å²) in [5.74, 6) is -2.44. The van der Waals surface area contributed by atoms with Gasteiger partial charge in [-0.25, -0.2) is 0 Å². The Morgan fingerprint density at radius 2 is 2.00 bits per heavy atom. The van der Waals surface area contributed by atoms with E-state index in [1.54, 1.807) is 0 Å². The van der Waals surface area contributed by atoms with E-state index in [1.165, 1.54) is 0 Å². The molecule has 0 aromatic carbocycles. The fourth-order valence-electron chi connectivity index (χ4n) is 0.824. The summed E-state index contributed by atoms with van der Waals surface area (Å²) in [7, 11) is 0. The third kappa shape index (κ3) is 7.30. The summed E-state index contributed by atoms with van der Waals surface area (Å²) < 4.78 is 35.1. The molecule has 0 aliphatic rings. The minimum Gasteiger partial charge on any atom is -0.481 e. The maximum absolute atomic E-state index is 11.7. The van der Waals surface area contributed by atoms with Crippen molar-refractivity contribution < 1.29 is 27.9 Å². The quantitative estimate of drug-likeness (QED) is 0.683. The molecular formula is C7H9F3O3. The number of aldehydes is 1. The van der Waals surface area contributed by atoms with Crippen LogP contribution in [0.15, 0.2) is 0 Å². The lowest BCUT2D eigenvalue weighted by molar-refractivity contribution is -0.151. The van der Waals surface area contributed by atoms with Crippen LogP contribution in [0.4, 0.5) is 13.2 Å². The van der Waals surface area contributed by atoms with Crippen LogP contribution < -0.4 is 0 Å².